The van der Waals surface area contributed by atoms with Crippen molar-refractivity contribution in [1.82, 2.24) is 4.90 Å². The Morgan fingerprint density at radius 3 is 2.33 bits per heavy atom. The average molecular weight is 411 g/mol. The van der Waals surface area contributed by atoms with Crippen LogP contribution in [-0.4, -0.2) is 62.6 Å². The van der Waals surface area contributed by atoms with Gasteiger partial charge in [-0.2, -0.15) is 0 Å². The van der Waals surface area contributed by atoms with Gasteiger partial charge in [0.25, 0.3) is 0 Å². The Balaban J connectivity index is 1.47. The molecule has 1 atom stereocenters. The van der Waals surface area contributed by atoms with Gasteiger partial charge in [0.2, 0.25) is 0 Å². The van der Waals surface area contributed by atoms with Gasteiger partial charge in [-0.25, -0.2) is 0 Å². The molecule has 1 aliphatic rings. The van der Waals surface area contributed by atoms with Crippen molar-refractivity contribution in [3.05, 3.63) is 52.5 Å². The fourth-order valence-corrected chi connectivity index (χ4v) is 3.72. The maximum atomic E-state index is 10.3. The molecule has 2 aromatic rings. The summed E-state index contributed by atoms with van der Waals surface area (Å²) in [6.45, 7) is 4.18. The second-order valence-electron chi connectivity index (χ2n) is 6.48. The maximum Gasteiger partial charge on any atom is 0.156 e. The molecule has 1 heterocycles. The third kappa shape index (κ3) is 5.20. The zero-order valence-corrected chi connectivity index (χ0v) is 16.8. The van der Waals surface area contributed by atoms with E-state index in [4.69, 9.17) is 32.7 Å². The fraction of sp³-hybridized carbons (Fsp3) is 0.400. The van der Waals surface area contributed by atoms with Gasteiger partial charge < -0.3 is 19.5 Å². The summed E-state index contributed by atoms with van der Waals surface area (Å²) in [6, 6.07) is 13.2. The zero-order valence-electron chi connectivity index (χ0n) is 15.3. The minimum absolute atomic E-state index is 0.149. The minimum Gasteiger partial charge on any atom is -0.495 e. The third-order valence-electron chi connectivity index (χ3n) is 4.61. The molecule has 27 heavy (non-hydrogen) atoms. The van der Waals surface area contributed by atoms with Crippen molar-refractivity contribution in [2.75, 3.05) is 51.3 Å². The summed E-state index contributed by atoms with van der Waals surface area (Å²) in [5.41, 5.74) is 1.11. The van der Waals surface area contributed by atoms with Crippen LogP contribution >= 0.6 is 23.2 Å². The highest BCUT2D eigenvalue weighted by molar-refractivity contribution is 6.37. The van der Waals surface area contributed by atoms with Crippen LogP contribution in [0.4, 0.5) is 5.69 Å². The lowest BCUT2D eigenvalue weighted by molar-refractivity contribution is 0.0663. The molecule has 0 saturated carbocycles. The SMILES string of the molecule is COc1ccccc1N1CCN(CC(O)COc2c(Cl)cccc2Cl)CC1. The van der Waals surface area contributed by atoms with Crippen LogP contribution < -0.4 is 14.4 Å². The molecule has 0 aliphatic carbocycles. The first kappa shape index (κ1) is 20.1. The van der Waals surface area contributed by atoms with Gasteiger partial charge in [-0.05, 0) is 24.3 Å². The lowest BCUT2D eigenvalue weighted by atomic mass is 10.2. The van der Waals surface area contributed by atoms with E-state index in [1.165, 1.54) is 0 Å². The molecule has 1 N–H and O–H groups in total. The van der Waals surface area contributed by atoms with Crippen molar-refractivity contribution in [3.63, 3.8) is 0 Å². The van der Waals surface area contributed by atoms with E-state index in [0.717, 1.165) is 37.6 Å². The molecule has 1 fully saturated rings. The van der Waals surface area contributed by atoms with Crippen LogP contribution in [-0.2, 0) is 0 Å². The summed E-state index contributed by atoms with van der Waals surface area (Å²) in [6.07, 6.45) is -0.616. The van der Waals surface area contributed by atoms with E-state index in [0.29, 0.717) is 22.3 Å². The lowest BCUT2D eigenvalue weighted by Gasteiger charge is -2.37. The van der Waals surface area contributed by atoms with E-state index in [1.54, 1.807) is 25.3 Å². The molecule has 0 spiro atoms. The van der Waals surface area contributed by atoms with Crippen LogP contribution in [0.15, 0.2) is 42.5 Å². The lowest BCUT2D eigenvalue weighted by Crippen LogP contribution is -2.49. The van der Waals surface area contributed by atoms with Crippen LogP contribution in [0.1, 0.15) is 0 Å². The van der Waals surface area contributed by atoms with Crippen molar-refractivity contribution in [2.45, 2.75) is 6.10 Å². The van der Waals surface area contributed by atoms with E-state index in [-0.39, 0.29) is 6.61 Å². The highest BCUT2D eigenvalue weighted by Gasteiger charge is 2.21. The van der Waals surface area contributed by atoms with E-state index in [2.05, 4.69) is 15.9 Å². The van der Waals surface area contributed by atoms with Gasteiger partial charge in [-0.1, -0.05) is 41.4 Å². The standard InChI is InChI=1S/C20H24Cl2N2O3/c1-26-19-8-3-2-7-18(19)24-11-9-23(10-12-24)13-15(25)14-27-20-16(21)5-4-6-17(20)22/h2-8,15,25H,9-14H2,1H3. The Bertz CT molecular complexity index is 732. The second kappa shape index (κ2) is 9.51. The van der Waals surface area contributed by atoms with E-state index in [1.807, 2.05) is 18.2 Å². The molecule has 0 aromatic heterocycles. The number of ether oxygens (including phenoxy) is 2. The van der Waals surface area contributed by atoms with E-state index >= 15 is 0 Å². The number of rotatable bonds is 7. The third-order valence-corrected chi connectivity index (χ3v) is 5.20. The number of β-amino-alcohol motifs (C(OH)–C–C–N with tert-alkyl or cyclic N) is 1. The number of aliphatic hydroxyl groups excluding tert-OH is 1. The topological polar surface area (TPSA) is 45.2 Å². The monoisotopic (exact) mass is 410 g/mol. The molecule has 0 amide bonds. The molecule has 1 unspecified atom stereocenters. The Kier molecular flexibility index (Phi) is 7.07. The van der Waals surface area contributed by atoms with Gasteiger partial charge in [-0.15, -0.1) is 0 Å². The largest absolute Gasteiger partial charge is 0.495 e. The number of methoxy groups -OCH3 is 1. The summed E-state index contributed by atoms with van der Waals surface area (Å²) >= 11 is 12.2. The number of benzene rings is 2. The smallest absolute Gasteiger partial charge is 0.156 e. The quantitative estimate of drug-likeness (QED) is 0.755. The molecular weight excluding hydrogens is 387 g/mol. The normalized spacial score (nSPS) is 16.2. The fourth-order valence-electron chi connectivity index (χ4n) is 3.21. The Morgan fingerprint density at radius 1 is 1.00 bits per heavy atom. The summed E-state index contributed by atoms with van der Waals surface area (Å²) < 4.78 is 11.1. The number of anilines is 1. The number of halogens is 2. The predicted molar refractivity (Wildman–Crippen MR) is 110 cm³/mol. The van der Waals surface area contributed by atoms with Gasteiger partial charge in [0.1, 0.15) is 18.5 Å². The van der Waals surface area contributed by atoms with Crippen LogP contribution in [0.25, 0.3) is 0 Å². The summed E-state index contributed by atoms with van der Waals surface area (Å²) in [5, 5.41) is 11.2. The molecule has 2 aromatic carbocycles. The van der Waals surface area contributed by atoms with Gasteiger partial charge in [0.05, 0.1) is 22.8 Å². The highest BCUT2D eigenvalue weighted by Crippen LogP contribution is 2.32. The number of aliphatic hydroxyl groups is 1. The molecule has 5 nitrogen and oxygen atoms in total. The van der Waals surface area contributed by atoms with Crippen LogP contribution in [0.3, 0.4) is 0 Å². The van der Waals surface area contributed by atoms with Crippen LogP contribution in [0, 0.1) is 0 Å². The molecular formula is C20H24Cl2N2O3. The zero-order chi connectivity index (χ0) is 19.2. The highest BCUT2D eigenvalue weighted by atomic mass is 35.5. The minimum atomic E-state index is -0.616. The predicted octanol–water partition coefficient (Wildman–Crippen LogP) is 3.56. The first-order valence-corrected chi connectivity index (χ1v) is 9.69. The number of hydrogen-bond acceptors (Lipinski definition) is 5. The Hall–Kier alpha value is -1.66. The van der Waals surface area contributed by atoms with E-state index < -0.39 is 6.10 Å². The van der Waals surface area contributed by atoms with Crippen molar-refractivity contribution >= 4 is 28.9 Å². The van der Waals surface area contributed by atoms with E-state index in [9.17, 15) is 5.11 Å². The number of hydrogen-bond donors (Lipinski definition) is 1. The van der Waals surface area contributed by atoms with Gasteiger partial charge in [-0.3, -0.25) is 4.90 Å². The maximum absolute atomic E-state index is 10.3. The van der Waals surface area contributed by atoms with Gasteiger partial charge in [0, 0.05) is 32.7 Å². The number of piperazine rings is 1. The van der Waals surface area contributed by atoms with Crippen molar-refractivity contribution < 1.29 is 14.6 Å². The Morgan fingerprint density at radius 2 is 1.67 bits per heavy atom. The summed E-state index contributed by atoms with van der Waals surface area (Å²) in [4.78, 5) is 4.54. The molecule has 0 radical (unpaired) electrons. The average Bonchev–Trinajstić information content (AvgIpc) is 2.68. The summed E-state index contributed by atoms with van der Waals surface area (Å²) in [5.74, 6) is 1.30. The molecule has 7 heteroatoms. The first-order chi connectivity index (χ1) is 13.1. The first-order valence-electron chi connectivity index (χ1n) is 8.93. The van der Waals surface area contributed by atoms with Crippen molar-refractivity contribution in [1.29, 1.82) is 0 Å². The molecule has 0 bridgehead atoms. The second-order valence-corrected chi connectivity index (χ2v) is 7.29. The van der Waals surface area contributed by atoms with Crippen LogP contribution in [0.2, 0.25) is 10.0 Å². The number of para-hydroxylation sites is 3. The molecule has 1 saturated heterocycles. The van der Waals surface area contributed by atoms with Crippen molar-refractivity contribution in [2.24, 2.45) is 0 Å². The van der Waals surface area contributed by atoms with Crippen LogP contribution in [0.5, 0.6) is 11.5 Å². The molecule has 3 rings (SSSR count). The van der Waals surface area contributed by atoms with Gasteiger partial charge >= 0.3 is 0 Å². The molecule has 146 valence electrons. The molecule has 1 aliphatic heterocycles. The Labute approximate surface area is 170 Å². The number of nitrogens with zero attached hydrogens (tertiary/aromatic N) is 2. The summed E-state index contributed by atoms with van der Waals surface area (Å²) in [7, 11) is 1.69. The van der Waals surface area contributed by atoms with Gasteiger partial charge in [0.15, 0.2) is 5.75 Å². The van der Waals surface area contributed by atoms with Crippen molar-refractivity contribution in [3.8, 4) is 11.5 Å².